The lowest BCUT2D eigenvalue weighted by Crippen LogP contribution is -2.27. The zero-order chi connectivity index (χ0) is 12.4. The van der Waals surface area contributed by atoms with Crippen LogP contribution in [0.5, 0.6) is 0 Å². The number of ether oxygens (including phenoxy) is 3. The van der Waals surface area contributed by atoms with Crippen LogP contribution >= 0.6 is 15.9 Å². The highest BCUT2D eigenvalue weighted by Crippen LogP contribution is 2.27. The topological polar surface area (TPSA) is 27.7 Å². The standard InChI is InChI=1S/C12H25BrO3/c1-12(2,3)11(9-13)10-16-8-7-15-6-5-14-4/h11H,5-10H2,1-4H3. The third-order valence-electron chi connectivity index (χ3n) is 2.53. The third-order valence-corrected chi connectivity index (χ3v) is 3.32. The highest BCUT2D eigenvalue weighted by Gasteiger charge is 2.23. The Labute approximate surface area is 108 Å². The first-order chi connectivity index (χ1) is 7.52. The molecule has 0 heterocycles. The second kappa shape index (κ2) is 9.40. The predicted molar refractivity (Wildman–Crippen MR) is 70.3 cm³/mol. The van der Waals surface area contributed by atoms with E-state index in [1.54, 1.807) is 7.11 Å². The first-order valence-electron chi connectivity index (χ1n) is 5.72. The van der Waals surface area contributed by atoms with Crippen molar-refractivity contribution in [1.29, 1.82) is 0 Å². The lowest BCUT2D eigenvalue weighted by Gasteiger charge is -2.28. The SMILES string of the molecule is COCCOCCOCC(CBr)C(C)(C)C. The highest BCUT2D eigenvalue weighted by molar-refractivity contribution is 9.09. The number of halogens is 1. The van der Waals surface area contributed by atoms with Crippen molar-refractivity contribution in [2.45, 2.75) is 20.8 Å². The molecule has 0 spiro atoms. The summed E-state index contributed by atoms with van der Waals surface area (Å²) in [5.41, 5.74) is 0.278. The van der Waals surface area contributed by atoms with E-state index in [2.05, 4.69) is 36.7 Å². The Kier molecular flexibility index (Phi) is 9.61. The Morgan fingerprint density at radius 3 is 2.06 bits per heavy atom. The van der Waals surface area contributed by atoms with Crippen LogP contribution in [0.15, 0.2) is 0 Å². The van der Waals surface area contributed by atoms with Crippen LogP contribution in [0.3, 0.4) is 0 Å². The van der Waals surface area contributed by atoms with Crippen molar-refractivity contribution in [3.8, 4) is 0 Å². The molecular weight excluding hydrogens is 272 g/mol. The number of rotatable bonds is 9. The molecule has 98 valence electrons. The van der Waals surface area contributed by atoms with Gasteiger partial charge in [0.1, 0.15) is 0 Å². The fourth-order valence-corrected chi connectivity index (χ4v) is 2.27. The van der Waals surface area contributed by atoms with Gasteiger partial charge in [-0.2, -0.15) is 0 Å². The molecule has 0 saturated heterocycles. The molecule has 0 amide bonds. The van der Waals surface area contributed by atoms with Crippen molar-refractivity contribution in [1.82, 2.24) is 0 Å². The van der Waals surface area contributed by atoms with Gasteiger partial charge in [0.2, 0.25) is 0 Å². The molecule has 0 N–H and O–H groups in total. The summed E-state index contributed by atoms with van der Waals surface area (Å²) in [4.78, 5) is 0. The number of hydrogen-bond donors (Lipinski definition) is 0. The number of hydrogen-bond acceptors (Lipinski definition) is 3. The maximum absolute atomic E-state index is 5.60. The molecule has 0 aliphatic rings. The van der Waals surface area contributed by atoms with E-state index in [1.165, 1.54) is 0 Å². The fourth-order valence-electron chi connectivity index (χ4n) is 1.11. The van der Waals surface area contributed by atoms with Gasteiger partial charge in [0, 0.05) is 12.4 Å². The largest absolute Gasteiger partial charge is 0.382 e. The first kappa shape index (κ1) is 16.4. The molecule has 0 radical (unpaired) electrons. The van der Waals surface area contributed by atoms with Crippen LogP contribution in [0.1, 0.15) is 20.8 Å². The van der Waals surface area contributed by atoms with Gasteiger partial charge >= 0.3 is 0 Å². The minimum Gasteiger partial charge on any atom is -0.382 e. The molecule has 4 heteroatoms. The minimum absolute atomic E-state index is 0.278. The van der Waals surface area contributed by atoms with Gasteiger partial charge in [-0.05, 0) is 11.3 Å². The monoisotopic (exact) mass is 296 g/mol. The Hall–Kier alpha value is 0.360. The maximum atomic E-state index is 5.60. The lowest BCUT2D eigenvalue weighted by atomic mass is 9.83. The van der Waals surface area contributed by atoms with E-state index >= 15 is 0 Å². The van der Waals surface area contributed by atoms with E-state index in [-0.39, 0.29) is 5.41 Å². The molecular formula is C12H25BrO3. The lowest BCUT2D eigenvalue weighted by molar-refractivity contribution is 0.00609. The Morgan fingerprint density at radius 2 is 1.56 bits per heavy atom. The minimum atomic E-state index is 0.278. The molecule has 16 heavy (non-hydrogen) atoms. The second-order valence-electron chi connectivity index (χ2n) is 4.90. The van der Waals surface area contributed by atoms with E-state index < -0.39 is 0 Å². The number of methoxy groups -OCH3 is 1. The molecule has 0 aliphatic heterocycles. The van der Waals surface area contributed by atoms with Crippen molar-refractivity contribution < 1.29 is 14.2 Å². The summed E-state index contributed by atoms with van der Waals surface area (Å²) in [7, 11) is 1.67. The smallest absolute Gasteiger partial charge is 0.0701 e. The molecule has 0 aromatic carbocycles. The Balaban J connectivity index is 3.42. The van der Waals surface area contributed by atoms with Gasteiger partial charge in [-0.1, -0.05) is 36.7 Å². The molecule has 0 aromatic heterocycles. The van der Waals surface area contributed by atoms with E-state index in [9.17, 15) is 0 Å². The van der Waals surface area contributed by atoms with Gasteiger partial charge in [-0.15, -0.1) is 0 Å². The van der Waals surface area contributed by atoms with Gasteiger partial charge in [0.15, 0.2) is 0 Å². The Morgan fingerprint density at radius 1 is 1.00 bits per heavy atom. The van der Waals surface area contributed by atoms with Crippen LogP contribution in [0, 0.1) is 11.3 Å². The van der Waals surface area contributed by atoms with E-state index in [0.29, 0.717) is 32.3 Å². The van der Waals surface area contributed by atoms with Crippen LogP contribution in [-0.2, 0) is 14.2 Å². The summed E-state index contributed by atoms with van der Waals surface area (Å²) in [6.07, 6.45) is 0. The van der Waals surface area contributed by atoms with Crippen LogP contribution < -0.4 is 0 Å². The van der Waals surface area contributed by atoms with Crippen LogP contribution in [0.4, 0.5) is 0 Å². The highest BCUT2D eigenvalue weighted by atomic mass is 79.9. The van der Waals surface area contributed by atoms with Gasteiger partial charge < -0.3 is 14.2 Å². The summed E-state index contributed by atoms with van der Waals surface area (Å²) in [6, 6.07) is 0. The van der Waals surface area contributed by atoms with E-state index in [4.69, 9.17) is 14.2 Å². The summed E-state index contributed by atoms with van der Waals surface area (Å²) in [5, 5.41) is 0.973. The summed E-state index contributed by atoms with van der Waals surface area (Å²) in [6.45, 7) is 10.1. The van der Waals surface area contributed by atoms with Crippen LogP contribution in [-0.4, -0.2) is 45.5 Å². The second-order valence-corrected chi connectivity index (χ2v) is 5.54. The normalized spacial score (nSPS) is 14.1. The summed E-state index contributed by atoms with van der Waals surface area (Å²) in [5.74, 6) is 0.534. The molecule has 0 saturated carbocycles. The molecule has 0 aromatic rings. The average Bonchev–Trinajstić information content (AvgIpc) is 2.20. The quantitative estimate of drug-likeness (QED) is 0.484. The Bertz CT molecular complexity index is 157. The molecule has 1 unspecified atom stereocenters. The van der Waals surface area contributed by atoms with Crippen LogP contribution in [0.2, 0.25) is 0 Å². The molecule has 0 bridgehead atoms. The van der Waals surface area contributed by atoms with Gasteiger partial charge in [0.05, 0.1) is 33.0 Å². The molecule has 0 aliphatic carbocycles. The summed E-state index contributed by atoms with van der Waals surface area (Å²) >= 11 is 3.53. The molecule has 1 atom stereocenters. The first-order valence-corrected chi connectivity index (χ1v) is 6.85. The van der Waals surface area contributed by atoms with Crippen molar-refractivity contribution in [2.75, 3.05) is 45.5 Å². The van der Waals surface area contributed by atoms with Crippen LogP contribution in [0.25, 0.3) is 0 Å². The molecule has 0 rings (SSSR count). The number of alkyl halides is 1. The fraction of sp³-hybridized carbons (Fsp3) is 1.00. The average molecular weight is 297 g/mol. The van der Waals surface area contributed by atoms with Crippen molar-refractivity contribution in [3.63, 3.8) is 0 Å². The van der Waals surface area contributed by atoms with E-state index in [0.717, 1.165) is 11.9 Å². The third kappa shape index (κ3) is 8.50. The van der Waals surface area contributed by atoms with Crippen molar-refractivity contribution in [2.24, 2.45) is 11.3 Å². The van der Waals surface area contributed by atoms with Gasteiger partial charge in [0.25, 0.3) is 0 Å². The van der Waals surface area contributed by atoms with E-state index in [1.807, 2.05) is 0 Å². The van der Waals surface area contributed by atoms with Crippen molar-refractivity contribution >= 4 is 15.9 Å². The van der Waals surface area contributed by atoms with Gasteiger partial charge in [-0.25, -0.2) is 0 Å². The zero-order valence-corrected chi connectivity index (χ0v) is 12.5. The maximum Gasteiger partial charge on any atom is 0.0701 e. The van der Waals surface area contributed by atoms with Gasteiger partial charge in [-0.3, -0.25) is 0 Å². The molecule has 3 nitrogen and oxygen atoms in total. The zero-order valence-electron chi connectivity index (χ0n) is 10.9. The summed E-state index contributed by atoms with van der Waals surface area (Å²) < 4.78 is 15.8. The molecule has 0 fully saturated rings. The van der Waals surface area contributed by atoms with Crippen molar-refractivity contribution in [3.05, 3.63) is 0 Å². The predicted octanol–water partition coefficient (Wildman–Crippen LogP) is 2.72.